The normalized spacial score (nSPS) is 17.1. The molecule has 112 valence electrons. The van der Waals surface area contributed by atoms with Gasteiger partial charge < -0.3 is 10.1 Å². The quantitative estimate of drug-likeness (QED) is 0.843. The molecule has 1 fully saturated rings. The molecule has 0 unspecified atom stereocenters. The Balaban J connectivity index is 1.79. The second-order valence-electron chi connectivity index (χ2n) is 4.78. The van der Waals surface area contributed by atoms with E-state index in [-0.39, 0.29) is 5.69 Å². The van der Waals surface area contributed by atoms with Crippen LogP contribution >= 0.6 is 0 Å². The molecule has 0 spiro atoms. The third kappa shape index (κ3) is 4.38. The highest BCUT2D eigenvalue weighted by molar-refractivity contribution is 5.52. The molecule has 1 N–H and O–H groups in total. The van der Waals surface area contributed by atoms with Gasteiger partial charge in [0.25, 0.3) is 0 Å². The number of nitrogens with one attached hydrogen (secondary N) is 1. The number of anilines is 1. The highest BCUT2D eigenvalue weighted by Crippen LogP contribution is 2.34. The van der Waals surface area contributed by atoms with Crippen LogP contribution in [0.15, 0.2) is 24.3 Å². The SMILES string of the molecule is FC(F)(F)c1ccccc1NCCCN1CCOCC1. The van der Waals surface area contributed by atoms with Crippen LogP contribution in [0.2, 0.25) is 0 Å². The number of hydrogen-bond acceptors (Lipinski definition) is 3. The molecule has 1 heterocycles. The average Bonchev–Trinajstić information content (AvgIpc) is 2.44. The lowest BCUT2D eigenvalue weighted by atomic mass is 10.1. The third-order valence-corrected chi connectivity index (χ3v) is 3.30. The Kier molecular flexibility index (Phi) is 5.25. The van der Waals surface area contributed by atoms with Gasteiger partial charge in [0.1, 0.15) is 0 Å². The molecule has 1 saturated heterocycles. The molecule has 3 nitrogen and oxygen atoms in total. The van der Waals surface area contributed by atoms with Crippen molar-refractivity contribution in [2.75, 3.05) is 44.7 Å². The van der Waals surface area contributed by atoms with Crippen molar-refractivity contribution >= 4 is 5.69 Å². The average molecular weight is 288 g/mol. The predicted octanol–water partition coefficient (Wildman–Crippen LogP) is 2.84. The second-order valence-corrected chi connectivity index (χ2v) is 4.78. The van der Waals surface area contributed by atoms with Gasteiger partial charge in [-0.2, -0.15) is 13.2 Å². The minimum absolute atomic E-state index is 0.155. The summed E-state index contributed by atoms with van der Waals surface area (Å²) in [7, 11) is 0. The molecule has 2 rings (SSSR count). The summed E-state index contributed by atoms with van der Waals surface area (Å²) in [6, 6.07) is 5.59. The number of hydrogen-bond donors (Lipinski definition) is 1. The van der Waals surface area contributed by atoms with Crippen molar-refractivity contribution in [3.05, 3.63) is 29.8 Å². The van der Waals surface area contributed by atoms with Crippen LogP contribution in [0, 0.1) is 0 Å². The lowest BCUT2D eigenvalue weighted by Crippen LogP contribution is -2.37. The van der Waals surface area contributed by atoms with E-state index in [4.69, 9.17) is 4.74 Å². The van der Waals surface area contributed by atoms with Gasteiger partial charge in [0.05, 0.1) is 18.8 Å². The fraction of sp³-hybridized carbons (Fsp3) is 0.571. The Morgan fingerprint density at radius 2 is 1.85 bits per heavy atom. The van der Waals surface area contributed by atoms with Crippen LogP contribution in [-0.4, -0.2) is 44.3 Å². The number of morpholine rings is 1. The monoisotopic (exact) mass is 288 g/mol. The summed E-state index contributed by atoms with van der Waals surface area (Å²) >= 11 is 0. The number of alkyl halides is 3. The summed E-state index contributed by atoms with van der Waals surface area (Å²) in [6.45, 7) is 4.70. The Labute approximate surface area is 116 Å². The molecule has 0 bridgehead atoms. The number of rotatable bonds is 5. The molecular weight excluding hydrogens is 269 g/mol. The molecule has 0 aromatic heterocycles. The van der Waals surface area contributed by atoms with Gasteiger partial charge in [-0.1, -0.05) is 12.1 Å². The van der Waals surface area contributed by atoms with Crippen LogP contribution < -0.4 is 5.32 Å². The van der Waals surface area contributed by atoms with E-state index in [1.165, 1.54) is 12.1 Å². The molecule has 1 aliphatic heterocycles. The maximum atomic E-state index is 12.8. The van der Waals surface area contributed by atoms with Gasteiger partial charge in [-0.05, 0) is 25.1 Å². The molecule has 20 heavy (non-hydrogen) atoms. The third-order valence-electron chi connectivity index (χ3n) is 3.30. The van der Waals surface area contributed by atoms with Gasteiger partial charge >= 0.3 is 6.18 Å². The molecule has 1 aromatic carbocycles. The van der Waals surface area contributed by atoms with E-state index in [0.717, 1.165) is 45.3 Å². The molecule has 1 aromatic rings. The zero-order chi connectivity index (χ0) is 14.4. The highest BCUT2D eigenvalue weighted by Gasteiger charge is 2.32. The smallest absolute Gasteiger partial charge is 0.385 e. The zero-order valence-electron chi connectivity index (χ0n) is 11.2. The van der Waals surface area contributed by atoms with E-state index >= 15 is 0 Å². The minimum atomic E-state index is -4.31. The fourth-order valence-corrected chi connectivity index (χ4v) is 2.23. The van der Waals surface area contributed by atoms with Crippen LogP contribution in [0.4, 0.5) is 18.9 Å². The molecule has 6 heteroatoms. The maximum Gasteiger partial charge on any atom is 0.418 e. The second kappa shape index (κ2) is 6.95. The van der Waals surface area contributed by atoms with Crippen molar-refractivity contribution in [1.82, 2.24) is 4.90 Å². The summed E-state index contributed by atoms with van der Waals surface area (Å²) in [6.07, 6.45) is -3.50. The molecule has 0 atom stereocenters. The Morgan fingerprint density at radius 1 is 1.15 bits per heavy atom. The molecule has 0 aliphatic carbocycles. The van der Waals surface area contributed by atoms with Gasteiger partial charge in [0.2, 0.25) is 0 Å². The highest BCUT2D eigenvalue weighted by atomic mass is 19.4. The van der Waals surface area contributed by atoms with Crippen LogP contribution in [0.5, 0.6) is 0 Å². The van der Waals surface area contributed by atoms with Crippen LogP contribution in [0.3, 0.4) is 0 Å². The van der Waals surface area contributed by atoms with E-state index in [1.54, 1.807) is 6.07 Å². The number of para-hydroxylation sites is 1. The molecular formula is C14H19F3N2O. The maximum absolute atomic E-state index is 12.8. The van der Waals surface area contributed by atoms with Crippen LogP contribution in [0.1, 0.15) is 12.0 Å². The molecule has 0 amide bonds. The van der Waals surface area contributed by atoms with Gasteiger partial charge in [0.15, 0.2) is 0 Å². The molecule has 1 aliphatic rings. The molecule has 0 saturated carbocycles. The van der Waals surface area contributed by atoms with Crippen LogP contribution in [0.25, 0.3) is 0 Å². The minimum Gasteiger partial charge on any atom is -0.385 e. The first kappa shape index (κ1) is 15.1. The summed E-state index contributed by atoms with van der Waals surface area (Å²) in [5, 5.41) is 2.88. The topological polar surface area (TPSA) is 24.5 Å². The van der Waals surface area contributed by atoms with E-state index in [1.807, 2.05) is 0 Å². The number of benzene rings is 1. The Bertz CT molecular complexity index is 417. The van der Waals surface area contributed by atoms with Crippen LogP contribution in [-0.2, 0) is 10.9 Å². The Morgan fingerprint density at radius 3 is 2.55 bits per heavy atom. The van der Waals surface area contributed by atoms with E-state index < -0.39 is 11.7 Å². The van der Waals surface area contributed by atoms with Crippen molar-refractivity contribution < 1.29 is 17.9 Å². The van der Waals surface area contributed by atoms with Gasteiger partial charge in [0, 0.05) is 25.3 Å². The van der Waals surface area contributed by atoms with E-state index in [2.05, 4.69) is 10.2 Å². The summed E-state index contributed by atoms with van der Waals surface area (Å²) < 4.78 is 43.6. The number of halogens is 3. The van der Waals surface area contributed by atoms with Crippen molar-refractivity contribution in [3.8, 4) is 0 Å². The summed E-state index contributed by atoms with van der Waals surface area (Å²) in [5.41, 5.74) is -0.451. The fourth-order valence-electron chi connectivity index (χ4n) is 2.23. The Hall–Kier alpha value is -1.27. The largest absolute Gasteiger partial charge is 0.418 e. The predicted molar refractivity (Wildman–Crippen MR) is 71.8 cm³/mol. The lowest BCUT2D eigenvalue weighted by Gasteiger charge is -2.26. The molecule has 0 radical (unpaired) electrons. The first-order valence-corrected chi connectivity index (χ1v) is 6.77. The first-order chi connectivity index (χ1) is 9.57. The standard InChI is InChI=1S/C14H19F3N2O/c15-14(16,17)12-4-1-2-5-13(12)18-6-3-7-19-8-10-20-11-9-19/h1-2,4-5,18H,3,6-11H2. The number of ether oxygens (including phenoxy) is 1. The summed E-state index contributed by atoms with van der Waals surface area (Å²) in [4.78, 5) is 2.26. The van der Waals surface area contributed by atoms with Crippen molar-refractivity contribution in [3.63, 3.8) is 0 Å². The van der Waals surface area contributed by atoms with Gasteiger partial charge in [-0.15, -0.1) is 0 Å². The van der Waals surface area contributed by atoms with E-state index in [0.29, 0.717) is 6.54 Å². The number of nitrogens with zero attached hydrogens (tertiary/aromatic N) is 1. The van der Waals surface area contributed by atoms with Gasteiger partial charge in [-0.25, -0.2) is 0 Å². The van der Waals surface area contributed by atoms with Gasteiger partial charge in [-0.3, -0.25) is 4.90 Å². The van der Waals surface area contributed by atoms with Crippen molar-refractivity contribution in [2.24, 2.45) is 0 Å². The lowest BCUT2D eigenvalue weighted by molar-refractivity contribution is -0.136. The summed E-state index contributed by atoms with van der Waals surface area (Å²) in [5.74, 6) is 0. The van der Waals surface area contributed by atoms with E-state index in [9.17, 15) is 13.2 Å². The van der Waals surface area contributed by atoms with Crippen molar-refractivity contribution in [2.45, 2.75) is 12.6 Å². The van der Waals surface area contributed by atoms with Crippen molar-refractivity contribution in [1.29, 1.82) is 0 Å². The first-order valence-electron chi connectivity index (χ1n) is 6.77. The zero-order valence-corrected chi connectivity index (χ0v) is 11.2.